The summed E-state index contributed by atoms with van der Waals surface area (Å²) < 4.78 is 1.38. The summed E-state index contributed by atoms with van der Waals surface area (Å²) >= 11 is 0. The fourth-order valence-corrected chi connectivity index (χ4v) is 4.59. The lowest BCUT2D eigenvalue weighted by Crippen LogP contribution is -2.54. The first-order valence-electron chi connectivity index (χ1n) is 11.3. The van der Waals surface area contributed by atoms with Crippen LogP contribution in [0, 0.1) is 13.8 Å². The molecule has 3 aromatic rings. The van der Waals surface area contributed by atoms with Crippen LogP contribution in [0.3, 0.4) is 0 Å². The summed E-state index contributed by atoms with van der Waals surface area (Å²) in [6.07, 6.45) is 1.73. The Morgan fingerprint density at radius 2 is 1.83 bits per heavy atom. The van der Waals surface area contributed by atoms with Gasteiger partial charge in [0.15, 0.2) is 0 Å². The lowest BCUT2D eigenvalue weighted by atomic mass is 10.0. The Hall–Kier alpha value is -4.67. The summed E-state index contributed by atoms with van der Waals surface area (Å²) in [5.74, 6) is -2.96. The molecule has 11 heteroatoms. The summed E-state index contributed by atoms with van der Waals surface area (Å²) in [4.78, 5) is 63.5. The second-order valence-corrected chi connectivity index (χ2v) is 8.90. The Bertz CT molecular complexity index is 1440. The number of carbonyl (C=O) groups excluding carboxylic acids is 5. The van der Waals surface area contributed by atoms with E-state index >= 15 is 0 Å². The van der Waals surface area contributed by atoms with Crippen molar-refractivity contribution < 1.29 is 24.0 Å². The topological polar surface area (TPSA) is 143 Å². The van der Waals surface area contributed by atoms with Gasteiger partial charge in [-0.2, -0.15) is 0 Å². The lowest BCUT2D eigenvalue weighted by Gasteiger charge is -2.27. The number of hydrogen-bond donors (Lipinski definition) is 2. The Kier molecular flexibility index (Phi) is 5.67. The van der Waals surface area contributed by atoms with Crippen molar-refractivity contribution in [1.29, 1.82) is 0 Å². The van der Waals surface area contributed by atoms with Gasteiger partial charge in [0.2, 0.25) is 17.7 Å². The smallest absolute Gasteiger partial charge is 0.264 e. The van der Waals surface area contributed by atoms with Crippen molar-refractivity contribution in [3.05, 3.63) is 64.8 Å². The zero-order chi connectivity index (χ0) is 25.6. The van der Waals surface area contributed by atoms with Crippen LogP contribution in [0.15, 0.2) is 42.6 Å². The number of imide groups is 2. The number of piperidine rings is 1. The molecule has 2 aliphatic heterocycles. The largest absolute Gasteiger partial charge is 0.324 e. The number of anilines is 1. The molecule has 1 fully saturated rings. The Morgan fingerprint density at radius 3 is 2.56 bits per heavy atom. The van der Waals surface area contributed by atoms with Gasteiger partial charge in [-0.3, -0.25) is 34.2 Å². The van der Waals surface area contributed by atoms with Crippen LogP contribution in [0.4, 0.5) is 5.69 Å². The number of fused-ring (bicyclic) bond motifs is 1. The van der Waals surface area contributed by atoms with E-state index in [1.54, 1.807) is 12.3 Å². The molecule has 3 heterocycles. The zero-order valence-corrected chi connectivity index (χ0v) is 19.6. The van der Waals surface area contributed by atoms with Gasteiger partial charge in [-0.1, -0.05) is 28.5 Å². The monoisotopic (exact) mass is 486 g/mol. The highest BCUT2D eigenvalue weighted by molar-refractivity contribution is 6.26. The van der Waals surface area contributed by atoms with Crippen molar-refractivity contribution in [2.75, 3.05) is 5.32 Å². The minimum Gasteiger partial charge on any atom is -0.324 e. The van der Waals surface area contributed by atoms with Gasteiger partial charge < -0.3 is 5.32 Å². The van der Waals surface area contributed by atoms with Gasteiger partial charge in [-0.25, -0.2) is 4.68 Å². The molecule has 1 atom stereocenters. The predicted molar refractivity (Wildman–Crippen MR) is 127 cm³/mol. The average molecular weight is 486 g/mol. The number of aryl methyl sites for hydroxylation is 2. The van der Waals surface area contributed by atoms with Crippen LogP contribution >= 0.6 is 0 Å². The molecule has 1 unspecified atom stereocenters. The number of hydrogen-bond acceptors (Lipinski definition) is 7. The van der Waals surface area contributed by atoms with Gasteiger partial charge in [0.1, 0.15) is 18.3 Å². The minimum atomic E-state index is -1.09. The molecule has 2 aromatic carbocycles. The van der Waals surface area contributed by atoms with Crippen molar-refractivity contribution in [3.8, 4) is 11.3 Å². The van der Waals surface area contributed by atoms with Crippen molar-refractivity contribution >= 4 is 35.2 Å². The summed E-state index contributed by atoms with van der Waals surface area (Å²) in [6.45, 7) is 3.81. The van der Waals surface area contributed by atoms with E-state index in [4.69, 9.17) is 0 Å². The molecule has 0 spiro atoms. The molecule has 0 saturated carbocycles. The van der Waals surface area contributed by atoms with Crippen LogP contribution in [0.1, 0.15) is 44.7 Å². The maximum atomic E-state index is 13.2. The fraction of sp³-hybridized carbons (Fsp3) is 0.240. The lowest BCUT2D eigenvalue weighted by molar-refractivity contribution is -0.136. The normalized spacial score (nSPS) is 17.3. The highest BCUT2D eigenvalue weighted by Gasteiger charge is 2.45. The number of aromatic nitrogens is 3. The zero-order valence-electron chi connectivity index (χ0n) is 19.6. The van der Waals surface area contributed by atoms with E-state index < -0.39 is 35.6 Å². The third kappa shape index (κ3) is 4.15. The molecule has 36 heavy (non-hydrogen) atoms. The number of rotatable bonds is 5. The first kappa shape index (κ1) is 23.1. The van der Waals surface area contributed by atoms with Crippen LogP contribution in [0.25, 0.3) is 11.3 Å². The van der Waals surface area contributed by atoms with Gasteiger partial charge in [0.05, 0.1) is 23.0 Å². The molecule has 0 bridgehead atoms. The van der Waals surface area contributed by atoms with E-state index in [1.165, 1.54) is 16.8 Å². The van der Waals surface area contributed by atoms with Crippen molar-refractivity contribution in [2.45, 2.75) is 39.3 Å². The van der Waals surface area contributed by atoms with Crippen molar-refractivity contribution in [2.24, 2.45) is 0 Å². The van der Waals surface area contributed by atoms with E-state index in [-0.39, 0.29) is 36.2 Å². The van der Waals surface area contributed by atoms with E-state index in [9.17, 15) is 24.0 Å². The minimum absolute atomic E-state index is 0.00932. The maximum absolute atomic E-state index is 13.2. The summed E-state index contributed by atoms with van der Waals surface area (Å²) in [5.41, 5.74) is 3.92. The Balaban J connectivity index is 1.33. The number of amides is 5. The number of nitrogens with zero attached hydrogens (tertiary/aromatic N) is 4. The van der Waals surface area contributed by atoms with Gasteiger partial charge >= 0.3 is 0 Å². The number of benzene rings is 2. The number of nitrogens with one attached hydrogen (secondary N) is 2. The molecule has 0 radical (unpaired) electrons. The van der Waals surface area contributed by atoms with Crippen LogP contribution in [-0.2, 0) is 20.9 Å². The standard InChI is InChI=1S/C25H22N6O5/c1-13-8-14(2)10-15(9-13)18-11-30(29-28-18)12-21(33)26-17-5-3-4-16-22(17)25(36)31(24(16)35)19-6-7-20(32)27-23(19)34/h3-5,8-11,19H,6-7,12H2,1-2H3,(H,26,33)(H,27,32,34). The molecular weight excluding hydrogens is 464 g/mol. The van der Waals surface area contributed by atoms with Gasteiger partial charge in [0.25, 0.3) is 11.8 Å². The van der Waals surface area contributed by atoms with E-state index in [0.29, 0.717) is 5.69 Å². The summed E-state index contributed by atoms with van der Waals surface area (Å²) in [6, 6.07) is 9.44. The quantitative estimate of drug-likeness (QED) is 0.522. The Morgan fingerprint density at radius 1 is 1.08 bits per heavy atom. The molecule has 1 saturated heterocycles. The van der Waals surface area contributed by atoms with E-state index in [1.807, 2.05) is 32.0 Å². The molecule has 11 nitrogen and oxygen atoms in total. The summed E-state index contributed by atoms with van der Waals surface area (Å²) in [7, 11) is 0. The highest BCUT2D eigenvalue weighted by Crippen LogP contribution is 2.32. The molecule has 5 rings (SSSR count). The summed E-state index contributed by atoms with van der Waals surface area (Å²) in [5, 5.41) is 13.0. The van der Waals surface area contributed by atoms with Gasteiger partial charge in [0, 0.05) is 12.0 Å². The van der Waals surface area contributed by atoms with Gasteiger partial charge in [-0.15, -0.1) is 5.10 Å². The van der Waals surface area contributed by atoms with E-state index in [0.717, 1.165) is 21.6 Å². The second kappa shape index (κ2) is 8.84. The van der Waals surface area contributed by atoms with Crippen molar-refractivity contribution in [3.63, 3.8) is 0 Å². The second-order valence-electron chi connectivity index (χ2n) is 8.90. The first-order chi connectivity index (χ1) is 17.2. The molecular formula is C25H22N6O5. The van der Waals surface area contributed by atoms with Crippen molar-refractivity contribution in [1.82, 2.24) is 25.2 Å². The third-order valence-electron chi connectivity index (χ3n) is 6.10. The van der Waals surface area contributed by atoms with Crippen LogP contribution in [-0.4, -0.2) is 55.5 Å². The first-order valence-corrected chi connectivity index (χ1v) is 11.3. The van der Waals surface area contributed by atoms with Crippen LogP contribution < -0.4 is 10.6 Å². The highest BCUT2D eigenvalue weighted by atomic mass is 16.2. The van der Waals surface area contributed by atoms with Crippen LogP contribution in [0.2, 0.25) is 0 Å². The SMILES string of the molecule is Cc1cc(C)cc(-c2cn(CC(=O)Nc3cccc4c3C(=O)N(C3CCC(=O)NC3=O)C4=O)nn2)c1. The van der Waals surface area contributed by atoms with E-state index in [2.05, 4.69) is 20.9 Å². The molecule has 2 N–H and O–H groups in total. The maximum Gasteiger partial charge on any atom is 0.264 e. The molecule has 1 aromatic heterocycles. The number of carbonyl (C=O) groups is 5. The average Bonchev–Trinajstić information content (AvgIpc) is 3.37. The third-order valence-corrected chi connectivity index (χ3v) is 6.10. The molecule has 5 amide bonds. The Labute approximate surface area is 205 Å². The van der Waals surface area contributed by atoms with Gasteiger partial charge in [-0.05, 0) is 44.5 Å². The predicted octanol–water partition coefficient (Wildman–Crippen LogP) is 1.60. The molecule has 182 valence electrons. The molecule has 2 aliphatic rings. The fourth-order valence-electron chi connectivity index (χ4n) is 4.59. The van der Waals surface area contributed by atoms with Crippen LogP contribution in [0.5, 0.6) is 0 Å². The molecule has 0 aliphatic carbocycles.